The van der Waals surface area contributed by atoms with Crippen molar-refractivity contribution in [1.82, 2.24) is 15.4 Å². The molecule has 7 nitrogen and oxygen atoms in total. The van der Waals surface area contributed by atoms with E-state index >= 15 is 0 Å². The quantitative estimate of drug-likeness (QED) is 0.561. The van der Waals surface area contributed by atoms with E-state index in [4.69, 9.17) is 0 Å². The van der Waals surface area contributed by atoms with E-state index in [1.54, 1.807) is 0 Å². The molecule has 0 unspecified atom stereocenters. The highest BCUT2D eigenvalue weighted by atomic mass is 32.2. The SMILES string of the molecule is C=CS(=O)(=O)N[C@@H](CC(C)C)C(=O)N[C@@H](Cc1ccccc1)C(=O)NC. The molecule has 0 saturated heterocycles. The predicted octanol–water partition coefficient (Wildman–Crippen LogP) is 0.937. The maximum atomic E-state index is 12.6. The first-order chi connectivity index (χ1) is 12.2. The third kappa shape index (κ3) is 7.37. The van der Waals surface area contributed by atoms with Gasteiger partial charge in [0.25, 0.3) is 0 Å². The molecule has 1 aromatic rings. The smallest absolute Gasteiger partial charge is 0.242 e. The summed E-state index contributed by atoms with van der Waals surface area (Å²) in [6, 6.07) is 7.47. The number of sulfonamides is 1. The highest BCUT2D eigenvalue weighted by molar-refractivity contribution is 7.92. The van der Waals surface area contributed by atoms with Gasteiger partial charge in [-0.1, -0.05) is 50.8 Å². The van der Waals surface area contributed by atoms with Gasteiger partial charge in [-0.15, -0.1) is 0 Å². The van der Waals surface area contributed by atoms with Gasteiger partial charge in [-0.25, -0.2) is 8.42 Å². The maximum Gasteiger partial charge on any atom is 0.242 e. The number of amides is 2. The molecule has 0 bridgehead atoms. The largest absolute Gasteiger partial charge is 0.357 e. The summed E-state index contributed by atoms with van der Waals surface area (Å²) in [6.45, 7) is 6.99. The highest BCUT2D eigenvalue weighted by Crippen LogP contribution is 2.09. The lowest BCUT2D eigenvalue weighted by Gasteiger charge is -2.23. The molecule has 1 rings (SSSR count). The Bertz CT molecular complexity index is 717. The second kappa shape index (κ2) is 10.1. The lowest BCUT2D eigenvalue weighted by Crippen LogP contribution is -2.54. The first-order valence-electron chi connectivity index (χ1n) is 8.39. The van der Waals surface area contributed by atoms with Crippen molar-refractivity contribution in [2.45, 2.75) is 38.8 Å². The molecule has 0 aliphatic heterocycles. The highest BCUT2D eigenvalue weighted by Gasteiger charge is 2.28. The van der Waals surface area contributed by atoms with Crippen molar-refractivity contribution in [3.05, 3.63) is 47.9 Å². The van der Waals surface area contributed by atoms with Crippen molar-refractivity contribution in [2.24, 2.45) is 5.92 Å². The van der Waals surface area contributed by atoms with E-state index in [1.165, 1.54) is 7.05 Å². The van der Waals surface area contributed by atoms with Crippen LogP contribution in [0.2, 0.25) is 0 Å². The van der Waals surface area contributed by atoms with Crippen molar-refractivity contribution < 1.29 is 18.0 Å². The van der Waals surface area contributed by atoms with Gasteiger partial charge in [-0.3, -0.25) is 9.59 Å². The van der Waals surface area contributed by atoms with Gasteiger partial charge in [0.15, 0.2) is 0 Å². The molecule has 0 aliphatic carbocycles. The fraction of sp³-hybridized carbons (Fsp3) is 0.444. The third-order valence-electron chi connectivity index (χ3n) is 3.71. The molecule has 144 valence electrons. The van der Waals surface area contributed by atoms with Gasteiger partial charge in [0.2, 0.25) is 21.8 Å². The fourth-order valence-corrected chi connectivity index (χ4v) is 3.13. The number of carbonyl (C=O) groups is 2. The van der Waals surface area contributed by atoms with Gasteiger partial charge in [-0.05, 0) is 17.9 Å². The molecule has 3 N–H and O–H groups in total. The third-order valence-corrected chi connectivity index (χ3v) is 4.76. The minimum Gasteiger partial charge on any atom is -0.357 e. The van der Waals surface area contributed by atoms with Crippen LogP contribution in [0.4, 0.5) is 0 Å². The maximum absolute atomic E-state index is 12.6. The van der Waals surface area contributed by atoms with Gasteiger partial charge >= 0.3 is 0 Å². The summed E-state index contributed by atoms with van der Waals surface area (Å²) in [5, 5.41) is 5.94. The van der Waals surface area contributed by atoms with E-state index in [-0.39, 0.29) is 11.8 Å². The van der Waals surface area contributed by atoms with E-state index < -0.39 is 28.0 Å². The molecular formula is C18H27N3O4S. The van der Waals surface area contributed by atoms with E-state index in [2.05, 4.69) is 21.9 Å². The van der Waals surface area contributed by atoms with Crippen molar-refractivity contribution in [3.8, 4) is 0 Å². The van der Waals surface area contributed by atoms with E-state index in [1.807, 2.05) is 44.2 Å². The van der Waals surface area contributed by atoms with Crippen molar-refractivity contribution in [3.63, 3.8) is 0 Å². The van der Waals surface area contributed by atoms with Crippen LogP contribution in [-0.2, 0) is 26.0 Å². The minimum atomic E-state index is -3.78. The first-order valence-corrected chi connectivity index (χ1v) is 9.93. The molecule has 26 heavy (non-hydrogen) atoms. The van der Waals surface area contributed by atoms with Crippen LogP contribution in [0, 0.1) is 5.92 Å². The zero-order valence-corrected chi connectivity index (χ0v) is 16.2. The summed E-state index contributed by atoms with van der Waals surface area (Å²) in [4.78, 5) is 24.8. The molecule has 0 heterocycles. The predicted molar refractivity (Wildman–Crippen MR) is 102 cm³/mol. The number of rotatable bonds is 10. The minimum absolute atomic E-state index is 0.0749. The van der Waals surface area contributed by atoms with Crippen LogP contribution < -0.4 is 15.4 Å². The topological polar surface area (TPSA) is 104 Å². The van der Waals surface area contributed by atoms with Crippen molar-refractivity contribution >= 4 is 21.8 Å². The second-order valence-corrected chi connectivity index (χ2v) is 8.04. The number of hydrogen-bond donors (Lipinski definition) is 3. The molecule has 0 fully saturated rings. The summed E-state index contributed by atoms with van der Waals surface area (Å²) in [7, 11) is -2.29. The summed E-state index contributed by atoms with van der Waals surface area (Å²) in [5.41, 5.74) is 0.883. The van der Waals surface area contributed by atoms with Crippen LogP contribution >= 0.6 is 0 Å². The van der Waals surface area contributed by atoms with Crippen molar-refractivity contribution in [2.75, 3.05) is 7.05 Å². The standard InChI is InChI=1S/C18H27N3O4S/c1-5-26(24,25)21-16(11-13(2)3)18(23)20-15(17(22)19-4)12-14-9-7-6-8-10-14/h5-10,13,15-16,21H,1,11-12H2,2-4H3,(H,19,22)(H,20,23)/t15-,16-/m0/s1. The molecule has 0 aliphatic rings. The Hall–Kier alpha value is -2.19. The summed E-state index contributed by atoms with van der Waals surface area (Å²) in [5.74, 6) is -0.823. The normalized spacial score (nSPS) is 13.7. The van der Waals surface area contributed by atoms with Gasteiger partial charge in [0.05, 0.1) is 0 Å². The number of nitrogens with one attached hydrogen (secondary N) is 3. The van der Waals surface area contributed by atoms with E-state index in [0.717, 1.165) is 11.0 Å². The number of benzene rings is 1. The average Bonchev–Trinajstić information content (AvgIpc) is 2.60. The second-order valence-electron chi connectivity index (χ2n) is 6.38. The Kier molecular flexibility index (Phi) is 8.47. The van der Waals surface area contributed by atoms with Gasteiger partial charge < -0.3 is 10.6 Å². The number of carbonyl (C=O) groups excluding carboxylic acids is 2. The Morgan fingerprint density at radius 1 is 1.12 bits per heavy atom. The Balaban J connectivity index is 2.95. The fourth-order valence-electron chi connectivity index (χ4n) is 2.43. The molecule has 2 amide bonds. The van der Waals surface area contributed by atoms with Gasteiger partial charge in [0, 0.05) is 18.9 Å². The lowest BCUT2D eigenvalue weighted by molar-refractivity contribution is -0.129. The molecule has 0 radical (unpaired) electrons. The first kappa shape index (κ1) is 21.9. The zero-order valence-electron chi connectivity index (χ0n) is 15.4. The molecule has 2 atom stereocenters. The van der Waals surface area contributed by atoms with E-state index in [0.29, 0.717) is 12.8 Å². The molecule has 8 heteroatoms. The Morgan fingerprint density at radius 3 is 2.23 bits per heavy atom. The van der Waals surface area contributed by atoms with Crippen LogP contribution in [0.25, 0.3) is 0 Å². The zero-order chi connectivity index (χ0) is 19.7. The van der Waals surface area contributed by atoms with E-state index in [9.17, 15) is 18.0 Å². The Labute approximate surface area is 155 Å². The molecule has 0 spiro atoms. The van der Waals surface area contributed by atoms with Crippen LogP contribution in [0.15, 0.2) is 42.3 Å². The Morgan fingerprint density at radius 2 is 1.73 bits per heavy atom. The number of hydrogen-bond acceptors (Lipinski definition) is 4. The lowest BCUT2D eigenvalue weighted by atomic mass is 10.0. The monoisotopic (exact) mass is 381 g/mol. The summed E-state index contributed by atoms with van der Waals surface area (Å²) < 4.78 is 25.9. The van der Waals surface area contributed by atoms with Crippen LogP contribution in [0.5, 0.6) is 0 Å². The van der Waals surface area contributed by atoms with Crippen molar-refractivity contribution in [1.29, 1.82) is 0 Å². The van der Waals surface area contributed by atoms with Gasteiger partial charge in [-0.2, -0.15) is 4.72 Å². The summed E-state index contributed by atoms with van der Waals surface area (Å²) in [6.07, 6.45) is 0.597. The summed E-state index contributed by atoms with van der Waals surface area (Å²) >= 11 is 0. The average molecular weight is 381 g/mol. The molecule has 0 aromatic heterocycles. The molecule has 1 aromatic carbocycles. The molecular weight excluding hydrogens is 354 g/mol. The van der Waals surface area contributed by atoms with Crippen LogP contribution in [-0.4, -0.2) is 39.4 Å². The van der Waals surface area contributed by atoms with Crippen LogP contribution in [0.3, 0.4) is 0 Å². The number of likely N-dealkylation sites (N-methyl/N-ethyl adjacent to an activating group) is 1. The molecule has 0 saturated carbocycles. The van der Waals surface area contributed by atoms with Gasteiger partial charge in [0.1, 0.15) is 12.1 Å². The van der Waals surface area contributed by atoms with Crippen LogP contribution in [0.1, 0.15) is 25.8 Å².